The number of urea groups is 1. The minimum atomic E-state index is -0.912. The van der Waals surface area contributed by atoms with Gasteiger partial charge in [0.15, 0.2) is 0 Å². The largest absolute Gasteiger partial charge is 0.481 e. The fourth-order valence-corrected chi connectivity index (χ4v) is 2.41. The quantitative estimate of drug-likeness (QED) is 0.873. The fourth-order valence-electron chi connectivity index (χ4n) is 1.70. The molecule has 0 unspecified atom stereocenters. The first-order valence-corrected chi connectivity index (χ1v) is 7.26. The maximum Gasteiger partial charge on any atom is 0.318 e. The molecule has 0 saturated carbocycles. The van der Waals surface area contributed by atoms with Gasteiger partial charge in [0.1, 0.15) is 0 Å². The average Bonchev–Trinajstić information content (AvgIpc) is 2.70. The predicted molar refractivity (Wildman–Crippen MR) is 77.8 cm³/mol. The second-order valence-electron chi connectivity index (χ2n) is 5.49. The van der Waals surface area contributed by atoms with Gasteiger partial charge in [0.25, 0.3) is 0 Å². The average molecular weight is 299 g/mol. The lowest BCUT2D eigenvalue weighted by atomic mass is 10.1. The number of carboxylic acid groups (broad SMARTS) is 1. The molecule has 1 aromatic heterocycles. The molecule has 0 aliphatic carbocycles. The number of nitrogens with one attached hydrogen (secondary N) is 1. The topological polar surface area (TPSA) is 82.5 Å². The lowest BCUT2D eigenvalue weighted by Crippen LogP contribution is -2.50. The first-order chi connectivity index (χ1) is 9.21. The Hall–Kier alpha value is -1.63. The van der Waals surface area contributed by atoms with E-state index in [-0.39, 0.29) is 19.0 Å². The Bertz CT molecular complexity index is 479. The van der Waals surface area contributed by atoms with Gasteiger partial charge >= 0.3 is 12.0 Å². The summed E-state index contributed by atoms with van der Waals surface area (Å²) in [5, 5.41) is 11.6. The minimum absolute atomic E-state index is 0.0652. The standard InChI is InChI=1S/C13H21N3O3S/c1-9-10(20-8-15-9)7-14-12(19)16(13(2,3)4)6-5-11(17)18/h8H,5-7H2,1-4H3,(H,14,19)(H,17,18). The molecule has 0 saturated heterocycles. The van der Waals surface area contributed by atoms with Crippen molar-refractivity contribution in [1.82, 2.24) is 15.2 Å². The molecule has 7 heteroatoms. The molecule has 1 aromatic rings. The highest BCUT2D eigenvalue weighted by molar-refractivity contribution is 7.09. The molecule has 20 heavy (non-hydrogen) atoms. The SMILES string of the molecule is Cc1ncsc1CNC(=O)N(CCC(=O)O)C(C)(C)C. The van der Waals surface area contributed by atoms with Gasteiger partial charge in [-0.15, -0.1) is 11.3 Å². The van der Waals surface area contributed by atoms with Crippen LogP contribution in [0.2, 0.25) is 0 Å². The van der Waals surface area contributed by atoms with E-state index in [0.29, 0.717) is 6.54 Å². The summed E-state index contributed by atoms with van der Waals surface area (Å²) in [6.45, 7) is 8.14. The third-order valence-corrected chi connectivity index (χ3v) is 3.78. The molecule has 6 nitrogen and oxygen atoms in total. The summed E-state index contributed by atoms with van der Waals surface area (Å²) in [4.78, 5) is 29.6. The molecule has 2 amide bonds. The highest BCUT2D eigenvalue weighted by Crippen LogP contribution is 2.15. The lowest BCUT2D eigenvalue weighted by molar-refractivity contribution is -0.137. The van der Waals surface area contributed by atoms with Crippen LogP contribution in [0, 0.1) is 6.92 Å². The number of nitrogens with zero attached hydrogens (tertiary/aromatic N) is 2. The number of thiazole rings is 1. The Balaban J connectivity index is 2.64. The smallest absolute Gasteiger partial charge is 0.318 e. The summed E-state index contributed by atoms with van der Waals surface area (Å²) < 4.78 is 0. The van der Waals surface area contributed by atoms with Crippen LogP contribution in [0.3, 0.4) is 0 Å². The van der Waals surface area contributed by atoms with E-state index >= 15 is 0 Å². The number of aromatic nitrogens is 1. The molecule has 0 atom stereocenters. The Morgan fingerprint density at radius 2 is 2.10 bits per heavy atom. The summed E-state index contributed by atoms with van der Waals surface area (Å²) in [6.07, 6.45) is -0.0652. The second-order valence-corrected chi connectivity index (χ2v) is 6.43. The number of hydrogen-bond donors (Lipinski definition) is 2. The first-order valence-electron chi connectivity index (χ1n) is 6.38. The molecule has 0 radical (unpaired) electrons. The van der Waals surface area contributed by atoms with Crippen molar-refractivity contribution in [2.45, 2.75) is 46.2 Å². The van der Waals surface area contributed by atoms with Crippen molar-refractivity contribution in [2.75, 3.05) is 6.54 Å². The number of carbonyl (C=O) groups is 2. The van der Waals surface area contributed by atoms with Crippen LogP contribution in [0.4, 0.5) is 4.79 Å². The third kappa shape index (κ3) is 4.80. The van der Waals surface area contributed by atoms with Gasteiger partial charge in [0, 0.05) is 17.0 Å². The molecule has 1 heterocycles. The monoisotopic (exact) mass is 299 g/mol. The summed E-state index contributed by atoms with van der Waals surface area (Å²) >= 11 is 1.49. The van der Waals surface area contributed by atoms with E-state index in [1.807, 2.05) is 27.7 Å². The number of carbonyl (C=O) groups excluding carboxylic acids is 1. The Morgan fingerprint density at radius 3 is 2.55 bits per heavy atom. The highest BCUT2D eigenvalue weighted by atomic mass is 32.1. The lowest BCUT2D eigenvalue weighted by Gasteiger charge is -2.35. The van der Waals surface area contributed by atoms with Gasteiger partial charge in [-0.05, 0) is 27.7 Å². The van der Waals surface area contributed by atoms with Gasteiger partial charge in [0.05, 0.1) is 24.2 Å². The van der Waals surface area contributed by atoms with E-state index in [0.717, 1.165) is 10.6 Å². The van der Waals surface area contributed by atoms with Crippen LogP contribution in [-0.2, 0) is 11.3 Å². The molecular weight excluding hydrogens is 278 g/mol. The van der Waals surface area contributed by atoms with Crippen LogP contribution in [0.15, 0.2) is 5.51 Å². The number of aliphatic carboxylic acids is 1. The molecule has 0 aliphatic heterocycles. The molecule has 1 rings (SSSR count). The van der Waals surface area contributed by atoms with Gasteiger partial charge in [-0.3, -0.25) is 4.79 Å². The van der Waals surface area contributed by atoms with Gasteiger partial charge < -0.3 is 15.3 Å². The molecule has 0 aliphatic rings. The summed E-state index contributed by atoms with van der Waals surface area (Å²) in [5.74, 6) is -0.912. The molecule has 0 spiro atoms. The van der Waals surface area contributed by atoms with E-state index in [1.54, 1.807) is 5.51 Å². The highest BCUT2D eigenvalue weighted by Gasteiger charge is 2.26. The van der Waals surface area contributed by atoms with E-state index in [4.69, 9.17) is 5.11 Å². The van der Waals surface area contributed by atoms with Crippen molar-refractivity contribution in [1.29, 1.82) is 0 Å². The molecule has 112 valence electrons. The maximum absolute atomic E-state index is 12.2. The number of carboxylic acids is 1. The molecule has 0 bridgehead atoms. The van der Waals surface area contributed by atoms with E-state index in [9.17, 15) is 9.59 Å². The van der Waals surface area contributed by atoms with E-state index < -0.39 is 11.5 Å². The molecule has 0 fully saturated rings. The van der Waals surface area contributed by atoms with E-state index in [2.05, 4.69) is 10.3 Å². The van der Waals surface area contributed by atoms with Crippen molar-refractivity contribution >= 4 is 23.3 Å². The molecule has 2 N–H and O–H groups in total. The maximum atomic E-state index is 12.2. The van der Waals surface area contributed by atoms with E-state index in [1.165, 1.54) is 16.2 Å². The minimum Gasteiger partial charge on any atom is -0.481 e. The van der Waals surface area contributed by atoms with Gasteiger partial charge in [0.2, 0.25) is 0 Å². The van der Waals surface area contributed by atoms with Crippen molar-refractivity contribution < 1.29 is 14.7 Å². The number of amides is 2. The number of hydrogen-bond acceptors (Lipinski definition) is 4. The van der Waals surface area contributed by atoms with Gasteiger partial charge in [-0.1, -0.05) is 0 Å². The first kappa shape index (κ1) is 16.4. The second kappa shape index (κ2) is 6.69. The van der Waals surface area contributed by atoms with Gasteiger partial charge in [-0.2, -0.15) is 0 Å². The molecule has 0 aromatic carbocycles. The fraction of sp³-hybridized carbons (Fsp3) is 0.615. The summed E-state index contributed by atoms with van der Waals surface area (Å²) in [7, 11) is 0. The van der Waals surface area contributed by atoms with Crippen molar-refractivity contribution in [3.63, 3.8) is 0 Å². The zero-order valence-corrected chi connectivity index (χ0v) is 13.1. The van der Waals surface area contributed by atoms with Crippen LogP contribution < -0.4 is 5.32 Å². The Labute approximate surface area is 122 Å². The number of rotatable bonds is 5. The zero-order valence-electron chi connectivity index (χ0n) is 12.3. The van der Waals surface area contributed by atoms with Crippen molar-refractivity contribution in [3.8, 4) is 0 Å². The van der Waals surface area contributed by atoms with Crippen LogP contribution >= 0.6 is 11.3 Å². The van der Waals surface area contributed by atoms with Crippen LogP contribution in [0.5, 0.6) is 0 Å². The van der Waals surface area contributed by atoms with Crippen molar-refractivity contribution in [2.24, 2.45) is 0 Å². The Morgan fingerprint density at radius 1 is 1.45 bits per heavy atom. The normalized spacial score (nSPS) is 11.2. The Kier molecular flexibility index (Phi) is 5.50. The predicted octanol–water partition coefficient (Wildman–Crippen LogP) is 2.24. The van der Waals surface area contributed by atoms with Crippen LogP contribution in [0.25, 0.3) is 0 Å². The summed E-state index contributed by atoms with van der Waals surface area (Å²) in [5.41, 5.74) is 2.22. The van der Waals surface area contributed by atoms with Crippen molar-refractivity contribution in [3.05, 3.63) is 16.1 Å². The van der Waals surface area contributed by atoms with Crippen LogP contribution in [-0.4, -0.2) is 39.1 Å². The number of aryl methyl sites for hydroxylation is 1. The zero-order chi connectivity index (χ0) is 15.3. The summed E-state index contributed by atoms with van der Waals surface area (Å²) in [6, 6.07) is -0.258. The third-order valence-electron chi connectivity index (χ3n) is 2.85. The molecular formula is C13H21N3O3S. The van der Waals surface area contributed by atoms with Gasteiger partial charge in [-0.25, -0.2) is 9.78 Å². The van der Waals surface area contributed by atoms with Crippen LogP contribution in [0.1, 0.15) is 37.8 Å².